The summed E-state index contributed by atoms with van der Waals surface area (Å²) in [5.41, 5.74) is 1.33. The fourth-order valence-electron chi connectivity index (χ4n) is 2.91. The number of amides is 1. The molecule has 2 heterocycles. The molecule has 5 nitrogen and oxygen atoms in total. The number of rotatable bonds is 5. The maximum absolute atomic E-state index is 12.5. The van der Waals surface area contributed by atoms with Crippen molar-refractivity contribution < 1.29 is 9.90 Å². The molecule has 2 aromatic rings. The molecule has 2 aromatic heterocycles. The van der Waals surface area contributed by atoms with Crippen LogP contribution in [0.15, 0.2) is 24.4 Å². The number of aliphatic hydroxyl groups excluding tert-OH is 1. The van der Waals surface area contributed by atoms with E-state index >= 15 is 0 Å². The molecule has 0 aliphatic heterocycles. The SMILES string of the molecule is O=C(N[C@H](CO)C1CC1)c1nc(C2CC2)n2ccccc12. The highest BCUT2D eigenvalue weighted by atomic mass is 16.3. The van der Waals surface area contributed by atoms with Gasteiger partial charge in [0.25, 0.3) is 5.91 Å². The molecule has 2 aliphatic rings. The number of pyridine rings is 1. The van der Waals surface area contributed by atoms with Crippen LogP contribution in [0.5, 0.6) is 0 Å². The van der Waals surface area contributed by atoms with Crippen LogP contribution in [0, 0.1) is 5.92 Å². The van der Waals surface area contributed by atoms with Gasteiger partial charge < -0.3 is 14.8 Å². The first-order valence-corrected chi connectivity index (χ1v) is 7.66. The average molecular weight is 285 g/mol. The molecular formula is C16H19N3O2. The number of imidazole rings is 1. The Labute approximate surface area is 123 Å². The largest absolute Gasteiger partial charge is 0.394 e. The fraction of sp³-hybridized carbons (Fsp3) is 0.500. The predicted molar refractivity (Wildman–Crippen MR) is 78.2 cm³/mol. The molecule has 2 fully saturated rings. The average Bonchev–Trinajstić information content (AvgIpc) is 3.41. The lowest BCUT2D eigenvalue weighted by atomic mass is 10.2. The number of fused-ring (bicyclic) bond motifs is 1. The molecule has 5 heteroatoms. The van der Waals surface area contributed by atoms with Gasteiger partial charge in [-0.3, -0.25) is 4.79 Å². The van der Waals surface area contributed by atoms with Crippen molar-refractivity contribution in [3.63, 3.8) is 0 Å². The van der Waals surface area contributed by atoms with E-state index in [2.05, 4.69) is 10.3 Å². The molecule has 110 valence electrons. The van der Waals surface area contributed by atoms with Gasteiger partial charge in [0.2, 0.25) is 0 Å². The Kier molecular flexibility index (Phi) is 2.96. The summed E-state index contributed by atoms with van der Waals surface area (Å²) in [6.45, 7) is -0.00231. The third-order valence-electron chi connectivity index (χ3n) is 4.44. The summed E-state index contributed by atoms with van der Waals surface area (Å²) < 4.78 is 2.03. The lowest BCUT2D eigenvalue weighted by Crippen LogP contribution is -2.39. The summed E-state index contributed by atoms with van der Waals surface area (Å²) in [6.07, 6.45) is 6.44. The standard InChI is InChI=1S/C16H19N3O2/c20-9-12(10-4-5-10)17-16(21)14-13-3-1-2-8-19(13)15(18-14)11-6-7-11/h1-3,8,10-12,20H,4-7,9H2,(H,17,21)/t12-/m1/s1. The van der Waals surface area contributed by atoms with Crippen LogP contribution in [0.1, 0.15) is 47.9 Å². The topological polar surface area (TPSA) is 66.6 Å². The third-order valence-corrected chi connectivity index (χ3v) is 4.44. The molecular weight excluding hydrogens is 266 g/mol. The van der Waals surface area contributed by atoms with Gasteiger partial charge in [-0.25, -0.2) is 4.98 Å². The van der Waals surface area contributed by atoms with Crippen molar-refractivity contribution >= 4 is 11.4 Å². The van der Waals surface area contributed by atoms with Crippen LogP contribution in [0.3, 0.4) is 0 Å². The molecule has 21 heavy (non-hydrogen) atoms. The second kappa shape index (κ2) is 4.84. The van der Waals surface area contributed by atoms with Crippen molar-refractivity contribution in [2.45, 2.75) is 37.6 Å². The molecule has 2 aliphatic carbocycles. The molecule has 1 amide bonds. The van der Waals surface area contributed by atoms with Crippen LogP contribution in [0.2, 0.25) is 0 Å². The van der Waals surface area contributed by atoms with E-state index in [-0.39, 0.29) is 18.6 Å². The van der Waals surface area contributed by atoms with Crippen LogP contribution in [0.25, 0.3) is 5.52 Å². The van der Waals surface area contributed by atoms with E-state index in [1.165, 1.54) is 0 Å². The van der Waals surface area contributed by atoms with Crippen LogP contribution in [-0.2, 0) is 0 Å². The highest BCUT2D eigenvalue weighted by Gasteiger charge is 2.34. The van der Waals surface area contributed by atoms with Crippen LogP contribution < -0.4 is 5.32 Å². The van der Waals surface area contributed by atoms with Crippen LogP contribution >= 0.6 is 0 Å². The van der Waals surface area contributed by atoms with Crippen molar-refractivity contribution in [3.8, 4) is 0 Å². The van der Waals surface area contributed by atoms with Crippen LogP contribution in [0.4, 0.5) is 0 Å². The van der Waals surface area contributed by atoms with E-state index in [4.69, 9.17) is 0 Å². The van der Waals surface area contributed by atoms with E-state index in [1.807, 2.05) is 28.8 Å². The van der Waals surface area contributed by atoms with Crippen LogP contribution in [-0.4, -0.2) is 33.0 Å². The fourth-order valence-corrected chi connectivity index (χ4v) is 2.91. The second-order valence-corrected chi connectivity index (χ2v) is 6.15. The smallest absolute Gasteiger partial charge is 0.272 e. The van der Waals surface area contributed by atoms with Gasteiger partial charge in [-0.1, -0.05) is 6.07 Å². The van der Waals surface area contributed by atoms with Gasteiger partial charge in [0, 0.05) is 12.1 Å². The van der Waals surface area contributed by atoms with Crippen molar-refractivity contribution in [2.75, 3.05) is 6.61 Å². The van der Waals surface area contributed by atoms with Crippen molar-refractivity contribution in [1.29, 1.82) is 0 Å². The first kappa shape index (κ1) is 12.8. The van der Waals surface area contributed by atoms with E-state index < -0.39 is 0 Å². The Morgan fingerprint density at radius 2 is 2.19 bits per heavy atom. The molecule has 0 saturated heterocycles. The van der Waals surface area contributed by atoms with Gasteiger partial charge in [0.05, 0.1) is 18.2 Å². The zero-order valence-corrected chi connectivity index (χ0v) is 11.8. The minimum Gasteiger partial charge on any atom is -0.394 e. The minimum atomic E-state index is -0.170. The summed E-state index contributed by atoms with van der Waals surface area (Å²) in [4.78, 5) is 17.1. The zero-order chi connectivity index (χ0) is 14.4. The summed E-state index contributed by atoms with van der Waals surface area (Å²) >= 11 is 0. The number of hydrogen-bond acceptors (Lipinski definition) is 3. The number of nitrogens with zero attached hydrogens (tertiary/aromatic N) is 2. The maximum Gasteiger partial charge on any atom is 0.272 e. The molecule has 0 spiro atoms. The molecule has 0 aromatic carbocycles. The highest BCUT2D eigenvalue weighted by molar-refractivity contribution is 5.99. The number of hydrogen-bond donors (Lipinski definition) is 2. The van der Waals surface area contributed by atoms with Crippen molar-refractivity contribution in [1.82, 2.24) is 14.7 Å². The van der Waals surface area contributed by atoms with Gasteiger partial charge in [0.1, 0.15) is 5.82 Å². The lowest BCUT2D eigenvalue weighted by molar-refractivity contribution is 0.0905. The number of carbonyl (C=O) groups excluding carboxylic acids is 1. The number of carbonyl (C=O) groups is 1. The summed E-state index contributed by atoms with van der Waals surface area (Å²) in [7, 11) is 0. The predicted octanol–water partition coefficient (Wildman–Crippen LogP) is 1.71. The molecule has 2 N–H and O–H groups in total. The van der Waals surface area contributed by atoms with E-state index in [9.17, 15) is 9.90 Å². The van der Waals surface area contributed by atoms with E-state index in [0.29, 0.717) is 17.5 Å². The van der Waals surface area contributed by atoms with Gasteiger partial charge in [-0.15, -0.1) is 0 Å². The summed E-state index contributed by atoms with van der Waals surface area (Å²) in [5.74, 6) is 1.73. The Hall–Kier alpha value is -1.88. The van der Waals surface area contributed by atoms with Gasteiger partial charge >= 0.3 is 0 Å². The zero-order valence-electron chi connectivity index (χ0n) is 11.8. The number of aliphatic hydroxyl groups is 1. The lowest BCUT2D eigenvalue weighted by Gasteiger charge is -2.14. The third kappa shape index (κ3) is 2.31. The molecule has 2 saturated carbocycles. The van der Waals surface area contributed by atoms with Crippen molar-refractivity contribution in [2.24, 2.45) is 5.92 Å². The molecule has 4 rings (SSSR count). The van der Waals surface area contributed by atoms with E-state index in [0.717, 1.165) is 37.0 Å². The van der Waals surface area contributed by atoms with Gasteiger partial charge in [-0.05, 0) is 43.7 Å². The maximum atomic E-state index is 12.5. The molecule has 1 atom stereocenters. The van der Waals surface area contributed by atoms with E-state index in [1.54, 1.807) is 0 Å². The van der Waals surface area contributed by atoms with Gasteiger partial charge in [-0.2, -0.15) is 0 Å². The highest BCUT2D eigenvalue weighted by Crippen LogP contribution is 2.40. The Balaban J connectivity index is 1.67. The molecule has 0 radical (unpaired) electrons. The number of nitrogens with one attached hydrogen (secondary N) is 1. The quantitative estimate of drug-likeness (QED) is 0.879. The number of aromatic nitrogens is 2. The normalized spacial score (nSPS) is 19.7. The second-order valence-electron chi connectivity index (χ2n) is 6.15. The summed E-state index contributed by atoms with van der Waals surface area (Å²) in [6, 6.07) is 5.68. The minimum absolute atomic E-state index is 0.00231. The molecule has 0 unspecified atom stereocenters. The summed E-state index contributed by atoms with van der Waals surface area (Å²) in [5, 5.41) is 12.4. The first-order valence-electron chi connectivity index (χ1n) is 7.66. The Morgan fingerprint density at radius 3 is 2.86 bits per heavy atom. The van der Waals surface area contributed by atoms with Gasteiger partial charge in [0.15, 0.2) is 5.69 Å². The monoisotopic (exact) mass is 285 g/mol. The first-order chi connectivity index (χ1) is 10.3. The van der Waals surface area contributed by atoms with Crippen molar-refractivity contribution in [3.05, 3.63) is 35.9 Å². The molecule has 0 bridgehead atoms. The Morgan fingerprint density at radius 1 is 1.38 bits per heavy atom. The Bertz CT molecular complexity index is 686.